The molecule has 1 unspecified atom stereocenters. The van der Waals surface area contributed by atoms with Gasteiger partial charge in [0, 0.05) is 12.6 Å². The molecule has 0 spiro atoms. The van der Waals surface area contributed by atoms with Gasteiger partial charge in [-0.25, -0.2) is 13.1 Å². The molecule has 0 aliphatic carbocycles. The van der Waals surface area contributed by atoms with Crippen LogP contribution in [0.1, 0.15) is 23.7 Å². The molecule has 1 atom stereocenters. The lowest BCUT2D eigenvalue weighted by Gasteiger charge is -2.11. The van der Waals surface area contributed by atoms with Crippen molar-refractivity contribution in [3.05, 3.63) is 23.8 Å². The lowest BCUT2D eigenvalue weighted by molar-refractivity contribution is 0.0997. The highest BCUT2D eigenvalue weighted by molar-refractivity contribution is 7.89. The number of sulfonamides is 1. The number of hydrogen-bond acceptors (Lipinski definition) is 5. The molecule has 112 valence electrons. The summed E-state index contributed by atoms with van der Waals surface area (Å²) in [5.74, 6) is -0.526. The summed E-state index contributed by atoms with van der Waals surface area (Å²) in [5, 5.41) is 0. The fourth-order valence-corrected chi connectivity index (χ4v) is 2.62. The average Bonchev–Trinajstić information content (AvgIpc) is 2.37. The summed E-state index contributed by atoms with van der Waals surface area (Å²) in [6.07, 6.45) is 0.512. The van der Waals surface area contributed by atoms with Crippen LogP contribution in [0.4, 0.5) is 0 Å². The number of rotatable bonds is 7. The molecule has 0 fully saturated rings. The van der Waals surface area contributed by atoms with Crippen LogP contribution in [0.3, 0.4) is 0 Å². The lowest BCUT2D eigenvalue weighted by atomic mass is 10.2. The van der Waals surface area contributed by atoms with Crippen molar-refractivity contribution in [2.45, 2.75) is 24.3 Å². The van der Waals surface area contributed by atoms with Gasteiger partial charge in [-0.15, -0.1) is 0 Å². The Morgan fingerprint density at radius 1 is 1.45 bits per heavy atom. The zero-order valence-electron chi connectivity index (χ0n) is 11.4. The Labute approximate surface area is 118 Å². The van der Waals surface area contributed by atoms with E-state index in [1.165, 1.54) is 25.3 Å². The van der Waals surface area contributed by atoms with Crippen molar-refractivity contribution >= 4 is 15.9 Å². The zero-order chi connectivity index (χ0) is 15.3. The molecule has 0 saturated heterocycles. The summed E-state index contributed by atoms with van der Waals surface area (Å²) in [4.78, 5) is 11.2. The molecular formula is C12H19N3O4S. The summed E-state index contributed by atoms with van der Waals surface area (Å²) in [7, 11) is -2.33. The molecule has 1 aromatic carbocycles. The van der Waals surface area contributed by atoms with Gasteiger partial charge in [-0.1, -0.05) is 0 Å². The van der Waals surface area contributed by atoms with Crippen molar-refractivity contribution in [2.24, 2.45) is 11.5 Å². The second-order valence-corrected chi connectivity index (χ2v) is 6.16. The first kappa shape index (κ1) is 16.4. The van der Waals surface area contributed by atoms with Crippen LogP contribution < -0.4 is 20.9 Å². The number of carbonyl (C=O) groups excluding carboxylic acids is 1. The standard InChI is InChI=1S/C12H19N3O4S/c1-8(13)5-6-15-20(17,18)9-3-4-11(19-2)10(7-9)12(14)16/h3-4,7-8,15H,5-6,13H2,1-2H3,(H2,14,16). The van der Waals surface area contributed by atoms with E-state index in [1.807, 2.05) is 0 Å². The second kappa shape index (κ2) is 6.69. The first-order valence-corrected chi connectivity index (χ1v) is 7.49. The molecule has 1 rings (SSSR count). The third-order valence-electron chi connectivity index (χ3n) is 2.64. The van der Waals surface area contributed by atoms with Gasteiger partial charge < -0.3 is 16.2 Å². The smallest absolute Gasteiger partial charge is 0.252 e. The number of carbonyl (C=O) groups is 1. The molecule has 0 aliphatic heterocycles. The summed E-state index contributed by atoms with van der Waals surface area (Å²) in [5.41, 5.74) is 10.8. The predicted molar refractivity (Wildman–Crippen MR) is 75.0 cm³/mol. The fraction of sp³-hybridized carbons (Fsp3) is 0.417. The monoisotopic (exact) mass is 301 g/mol. The van der Waals surface area contributed by atoms with Crippen LogP contribution in [0.15, 0.2) is 23.1 Å². The van der Waals surface area contributed by atoms with Gasteiger partial charge in [-0.05, 0) is 31.5 Å². The first-order chi connectivity index (χ1) is 9.27. The Morgan fingerprint density at radius 2 is 2.10 bits per heavy atom. The highest BCUT2D eigenvalue weighted by Gasteiger charge is 2.18. The normalized spacial score (nSPS) is 12.9. The van der Waals surface area contributed by atoms with Crippen LogP contribution in [0, 0.1) is 0 Å². The molecular weight excluding hydrogens is 282 g/mol. The SMILES string of the molecule is COc1ccc(S(=O)(=O)NCCC(C)N)cc1C(N)=O. The Morgan fingerprint density at radius 3 is 2.60 bits per heavy atom. The summed E-state index contributed by atoms with van der Waals surface area (Å²) < 4.78 is 31.5. The molecule has 0 aliphatic rings. The van der Waals surface area contributed by atoms with E-state index >= 15 is 0 Å². The van der Waals surface area contributed by atoms with Crippen molar-refractivity contribution in [1.82, 2.24) is 4.72 Å². The quantitative estimate of drug-likeness (QED) is 0.644. The van der Waals surface area contributed by atoms with Gasteiger partial charge in [0.1, 0.15) is 5.75 Å². The van der Waals surface area contributed by atoms with Crippen LogP contribution in [-0.2, 0) is 10.0 Å². The predicted octanol–water partition coefficient (Wildman–Crippen LogP) is -0.190. The maximum absolute atomic E-state index is 12.0. The molecule has 0 radical (unpaired) electrons. The van der Waals surface area contributed by atoms with Crippen molar-refractivity contribution in [2.75, 3.05) is 13.7 Å². The number of amides is 1. The lowest BCUT2D eigenvalue weighted by Crippen LogP contribution is -2.29. The van der Waals surface area contributed by atoms with Gasteiger partial charge in [0.2, 0.25) is 10.0 Å². The molecule has 8 heteroatoms. The summed E-state index contributed by atoms with van der Waals surface area (Å²) in [6.45, 7) is 2.00. The van der Waals surface area contributed by atoms with Gasteiger partial charge >= 0.3 is 0 Å². The van der Waals surface area contributed by atoms with E-state index in [9.17, 15) is 13.2 Å². The molecule has 0 bridgehead atoms. The maximum atomic E-state index is 12.0. The minimum atomic E-state index is -3.71. The van der Waals surface area contributed by atoms with Crippen LogP contribution >= 0.6 is 0 Å². The van der Waals surface area contributed by atoms with Crippen LogP contribution in [0.5, 0.6) is 5.75 Å². The zero-order valence-corrected chi connectivity index (χ0v) is 12.2. The third kappa shape index (κ3) is 4.19. The molecule has 7 nitrogen and oxygen atoms in total. The summed E-state index contributed by atoms with van der Waals surface area (Å²) >= 11 is 0. The average molecular weight is 301 g/mol. The third-order valence-corrected chi connectivity index (χ3v) is 4.10. The Bertz CT molecular complexity index is 584. The van der Waals surface area contributed by atoms with E-state index in [0.717, 1.165) is 0 Å². The number of benzene rings is 1. The van der Waals surface area contributed by atoms with E-state index in [-0.39, 0.29) is 28.8 Å². The number of ether oxygens (including phenoxy) is 1. The number of nitrogens with one attached hydrogen (secondary N) is 1. The van der Waals surface area contributed by atoms with Gasteiger partial charge in [0.25, 0.3) is 5.91 Å². The molecule has 0 aromatic heterocycles. The van der Waals surface area contributed by atoms with Crippen LogP contribution in [0.25, 0.3) is 0 Å². The van der Waals surface area contributed by atoms with E-state index in [0.29, 0.717) is 6.42 Å². The Kier molecular flexibility index (Phi) is 5.49. The van der Waals surface area contributed by atoms with Crippen molar-refractivity contribution < 1.29 is 17.9 Å². The van der Waals surface area contributed by atoms with Gasteiger partial charge in [-0.3, -0.25) is 4.79 Å². The molecule has 0 saturated carbocycles. The first-order valence-electron chi connectivity index (χ1n) is 6.01. The highest BCUT2D eigenvalue weighted by Crippen LogP contribution is 2.21. The van der Waals surface area contributed by atoms with E-state index < -0.39 is 15.9 Å². The molecule has 5 N–H and O–H groups in total. The summed E-state index contributed by atoms with van der Waals surface area (Å²) in [6, 6.07) is 3.82. The van der Waals surface area contributed by atoms with Gasteiger partial charge in [-0.2, -0.15) is 0 Å². The minimum Gasteiger partial charge on any atom is -0.496 e. The Balaban J connectivity index is 3.01. The van der Waals surface area contributed by atoms with Gasteiger partial charge in [0.05, 0.1) is 17.6 Å². The van der Waals surface area contributed by atoms with Crippen LogP contribution in [0.2, 0.25) is 0 Å². The Hall–Kier alpha value is -1.64. The molecule has 1 aromatic rings. The van der Waals surface area contributed by atoms with Crippen LogP contribution in [-0.4, -0.2) is 34.0 Å². The van der Waals surface area contributed by atoms with Crippen molar-refractivity contribution in [1.29, 1.82) is 0 Å². The number of primary amides is 1. The largest absolute Gasteiger partial charge is 0.496 e. The van der Waals surface area contributed by atoms with Gasteiger partial charge in [0.15, 0.2) is 0 Å². The minimum absolute atomic E-state index is 0.0163. The van der Waals surface area contributed by atoms with E-state index in [4.69, 9.17) is 16.2 Å². The number of methoxy groups -OCH3 is 1. The van der Waals surface area contributed by atoms with Crippen molar-refractivity contribution in [3.63, 3.8) is 0 Å². The number of nitrogens with two attached hydrogens (primary N) is 2. The maximum Gasteiger partial charge on any atom is 0.252 e. The molecule has 20 heavy (non-hydrogen) atoms. The van der Waals surface area contributed by atoms with E-state index in [1.54, 1.807) is 6.92 Å². The van der Waals surface area contributed by atoms with E-state index in [2.05, 4.69) is 4.72 Å². The highest BCUT2D eigenvalue weighted by atomic mass is 32.2. The topological polar surface area (TPSA) is 125 Å². The second-order valence-electron chi connectivity index (χ2n) is 4.39. The fourth-order valence-electron chi connectivity index (χ4n) is 1.55. The van der Waals surface area contributed by atoms with Crippen molar-refractivity contribution in [3.8, 4) is 5.75 Å². The molecule has 0 heterocycles. The number of hydrogen-bond donors (Lipinski definition) is 3. The molecule has 1 amide bonds.